The summed E-state index contributed by atoms with van der Waals surface area (Å²) in [4.78, 5) is 14.4. The Bertz CT molecular complexity index is 663. The van der Waals surface area contributed by atoms with E-state index in [9.17, 15) is 9.18 Å². The smallest absolute Gasteiger partial charge is 0.228 e. The molecule has 1 saturated heterocycles. The zero-order valence-corrected chi connectivity index (χ0v) is 13.1. The zero-order chi connectivity index (χ0) is 16.1. The molecule has 3 rings (SSSR count). The predicted molar refractivity (Wildman–Crippen MR) is 91.2 cm³/mol. The number of amides is 1. The molecule has 1 aliphatic heterocycles. The predicted octanol–water partition coefficient (Wildman–Crippen LogP) is 4.00. The maximum Gasteiger partial charge on any atom is 0.228 e. The largest absolute Gasteiger partial charge is 0.372 e. The zero-order valence-electron chi connectivity index (χ0n) is 13.1. The summed E-state index contributed by atoms with van der Waals surface area (Å²) in [6.45, 7) is 2.22. The minimum atomic E-state index is -0.353. The molecule has 1 aliphatic rings. The highest BCUT2D eigenvalue weighted by molar-refractivity contribution is 5.92. The fourth-order valence-electron chi connectivity index (χ4n) is 2.93. The average molecular weight is 312 g/mol. The van der Waals surface area contributed by atoms with Gasteiger partial charge in [0.25, 0.3) is 0 Å². The first-order chi connectivity index (χ1) is 11.2. The minimum Gasteiger partial charge on any atom is -0.372 e. The summed E-state index contributed by atoms with van der Waals surface area (Å²) in [5.41, 5.74) is 2.67. The van der Waals surface area contributed by atoms with Crippen LogP contribution in [0.5, 0.6) is 0 Å². The molecule has 0 bridgehead atoms. The molecule has 0 atom stereocenters. The molecule has 23 heavy (non-hydrogen) atoms. The summed E-state index contributed by atoms with van der Waals surface area (Å²) in [7, 11) is 0. The van der Waals surface area contributed by atoms with Crippen LogP contribution in [0.4, 0.5) is 15.8 Å². The van der Waals surface area contributed by atoms with Gasteiger partial charge in [0.2, 0.25) is 5.91 Å². The van der Waals surface area contributed by atoms with Crippen molar-refractivity contribution in [2.75, 3.05) is 23.3 Å². The molecule has 0 saturated carbocycles. The van der Waals surface area contributed by atoms with Gasteiger partial charge >= 0.3 is 0 Å². The third-order valence-corrected chi connectivity index (χ3v) is 4.13. The van der Waals surface area contributed by atoms with E-state index < -0.39 is 0 Å². The van der Waals surface area contributed by atoms with Gasteiger partial charge in [-0.2, -0.15) is 0 Å². The molecule has 0 aromatic heterocycles. The van der Waals surface area contributed by atoms with Crippen molar-refractivity contribution in [3.63, 3.8) is 0 Å². The lowest BCUT2D eigenvalue weighted by atomic mass is 10.1. The molecular weight excluding hydrogens is 291 g/mol. The van der Waals surface area contributed by atoms with Crippen LogP contribution in [0.3, 0.4) is 0 Å². The van der Waals surface area contributed by atoms with Crippen LogP contribution in [-0.4, -0.2) is 19.0 Å². The minimum absolute atomic E-state index is 0.138. The van der Waals surface area contributed by atoms with E-state index in [1.54, 1.807) is 12.1 Å². The molecule has 2 aromatic carbocycles. The van der Waals surface area contributed by atoms with Crippen molar-refractivity contribution in [3.05, 3.63) is 59.9 Å². The highest BCUT2D eigenvalue weighted by Crippen LogP contribution is 2.20. The standard InChI is InChI=1S/C19H21FN2O/c20-16-5-4-6-17(14-16)21-19(23)13-15-7-9-18(10-8-15)22-11-2-1-3-12-22/h4-10,14H,1-3,11-13H2,(H,21,23). The second-order valence-electron chi connectivity index (χ2n) is 5.95. The third-order valence-electron chi connectivity index (χ3n) is 4.13. The topological polar surface area (TPSA) is 32.3 Å². The molecular formula is C19H21FN2O. The van der Waals surface area contributed by atoms with Crippen molar-refractivity contribution in [2.45, 2.75) is 25.7 Å². The number of hydrogen-bond acceptors (Lipinski definition) is 2. The van der Waals surface area contributed by atoms with Gasteiger partial charge in [-0.15, -0.1) is 0 Å². The summed E-state index contributed by atoms with van der Waals surface area (Å²) in [6.07, 6.45) is 4.10. The maximum atomic E-state index is 13.1. The first kappa shape index (κ1) is 15.5. The molecule has 0 radical (unpaired) electrons. The Balaban J connectivity index is 1.58. The summed E-state index contributed by atoms with van der Waals surface area (Å²) in [5, 5.41) is 2.72. The highest BCUT2D eigenvalue weighted by atomic mass is 19.1. The summed E-state index contributed by atoms with van der Waals surface area (Å²) < 4.78 is 13.1. The van der Waals surface area contributed by atoms with Crippen molar-refractivity contribution >= 4 is 17.3 Å². The van der Waals surface area contributed by atoms with E-state index in [1.807, 2.05) is 12.1 Å². The van der Waals surface area contributed by atoms with Crippen molar-refractivity contribution in [1.29, 1.82) is 0 Å². The van der Waals surface area contributed by atoms with E-state index in [2.05, 4.69) is 22.3 Å². The van der Waals surface area contributed by atoms with Crippen LogP contribution < -0.4 is 10.2 Å². The summed E-state index contributed by atoms with van der Waals surface area (Å²) >= 11 is 0. The van der Waals surface area contributed by atoms with Crippen molar-refractivity contribution in [2.24, 2.45) is 0 Å². The van der Waals surface area contributed by atoms with Crippen LogP contribution in [0, 0.1) is 5.82 Å². The maximum absolute atomic E-state index is 13.1. The Morgan fingerprint density at radius 1 is 1.04 bits per heavy atom. The lowest BCUT2D eigenvalue weighted by Crippen LogP contribution is -2.29. The number of halogens is 1. The molecule has 0 unspecified atom stereocenters. The van der Waals surface area contributed by atoms with E-state index in [0.29, 0.717) is 5.69 Å². The Kier molecular flexibility index (Phi) is 4.91. The fraction of sp³-hybridized carbons (Fsp3) is 0.316. The van der Waals surface area contributed by atoms with Crippen LogP contribution in [-0.2, 0) is 11.2 Å². The lowest BCUT2D eigenvalue weighted by Gasteiger charge is -2.28. The molecule has 120 valence electrons. The third kappa shape index (κ3) is 4.31. The number of piperidine rings is 1. The average Bonchev–Trinajstić information content (AvgIpc) is 2.56. The molecule has 1 amide bonds. The van der Waals surface area contributed by atoms with Gasteiger partial charge in [0.05, 0.1) is 6.42 Å². The lowest BCUT2D eigenvalue weighted by molar-refractivity contribution is -0.115. The van der Waals surface area contributed by atoms with E-state index in [-0.39, 0.29) is 18.1 Å². The van der Waals surface area contributed by atoms with Crippen molar-refractivity contribution < 1.29 is 9.18 Å². The first-order valence-corrected chi connectivity index (χ1v) is 8.10. The van der Waals surface area contributed by atoms with Gasteiger partial charge in [-0.25, -0.2) is 4.39 Å². The molecule has 2 aromatic rings. The van der Waals surface area contributed by atoms with Crippen molar-refractivity contribution in [1.82, 2.24) is 0 Å². The highest BCUT2D eigenvalue weighted by Gasteiger charge is 2.11. The van der Waals surface area contributed by atoms with E-state index in [1.165, 1.54) is 37.1 Å². The van der Waals surface area contributed by atoms with Crippen LogP contribution >= 0.6 is 0 Å². The Hall–Kier alpha value is -2.36. The fourth-order valence-corrected chi connectivity index (χ4v) is 2.93. The number of benzene rings is 2. The second kappa shape index (κ2) is 7.27. The normalized spacial score (nSPS) is 14.6. The van der Waals surface area contributed by atoms with Crippen LogP contribution in [0.1, 0.15) is 24.8 Å². The number of nitrogens with one attached hydrogen (secondary N) is 1. The Morgan fingerprint density at radius 2 is 1.78 bits per heavy atom. The van der Waals surface area contributed by atoms with E-state index in [4.69, 9.17) is 0 Å². The first-order valence-electron chi connectivity index (χ1n) is 8.10. The van der Waals surface area contributed by atoms with Gasteiger partial charge in [-0.1, -0.05) is 18.2 Å². The van der Waals surface area contributed by atoms with Gasteiger partial charge in [-0.05, 0) is 55.2 Å². The number of nitrogens with zero attached hydrogens (tertiary/aromatic N) is 1. The number of carbonyl (C=O) groups excluding carboxylic acids is 1. The van der Waals surface area contributed by atoms with E-state index >= 15 is 0 Å². The van der Waals surface area contributed by atoms with Crippen molar-refractivity contribution in [3.8, 4) is 0 Å². The second-order valence-corrected chi connectivity index (χ2v) is 5.95. The van der Waals surface area contributed by atoms with Gasteiger partial charge in [0.15, 0.2) is 0 Å². The van der Waals surface area contributed by atoms with Crippen LogP contribution in [0.2, 0.25) is 0 Å². The molecule has 1 heterocycles. The molecule has 0 aliphatic carbocycles. The summed E-state index contributed by atoms with van der Waals surface area (Å²) in [5.74, 6) is -0.491. The Labute approximate surface area is 136 Å². The monoisotopic (exact) mass is 312 g/mol. The Morgan fingerprint density at radius 3 is 2.48 bits per heavy atom. The van der Waals surface area contributed by atoms with E-state index in [0.717, 1.165) is 18.7 Å². The van der Waals surface area contributed by atoms with Gasteiger partial charge < -0.3 is 10.2 Å². The number of hydrogen-bond donors (Lipinski definition) is 1. The molecule has 0 spiro atoms. The van der Waals surface area contributed by atoms with Crippen LogP contribution in [0.25, 0.3) is 0 Å². The van der Waals surface area contributed by atoms with Gasteiger partial charge in [-0.3, -0.25) is 4.79 Å². The van der Waals surface area contributed by atoms with Gasteiger partial charge in [0, 0.05) is 24.5 Å². The molecule has 1 N–H and O–H groups in total. The quantitative estimate of drug-likeness (QED) is 0.925. The number of anilines is 2. The van der Waals surface area contributed by atoms with Gasteiger partial charge in [0.1, 0.15) is 5.82 Å². The number of rotatable bonds is 4. The summed E-state index contributed by atoms with van der Waals surface area (Å²) in [6, 6.07) is 14.1. The molecule has 3 nitrogen and oxygen atoms in total. The molecule has 4 heteroatoms. The number of carbonyl (C=O) groups is 1. The van der Waals surface area contributed by atoms with Crippen LogP contribution in [0.15, 0.2) is 48.5 Å². The SMILES string of the molecule is O=C(Cc1ccc(N2CCCCC2)cc1)Nc1cccc(F)c1. The molecule has 1 fully saturated rings.